The van der Waals surface area contributed by atoms with E-state index < -0.39 is 11.7 Å². The van der Waals surface area contributed by atoms with Crippen molar-refractivity contribution in [3.05, 3.63) is 42.1 Å². The van der Waals surface area contributed by atoms with Gasteiger partial charge in [0.1, 0.15) is 11.3 Å². The highest BCUT2D eigenvalue weighted by Gasteiger charge is 2.30. The van der Waals surface area contributed by atoms with Gasteiger partial charge in [0.15, 0.2) is 5.65 Å². The van der Waals surface area contributed by atoms with E-state index in [0.29, 0.717) is 28.2 Å². The molecule has 0 aliphatic carbocycles. The molecular formula is C13H9F3N4. The van der Waals surface area contributed by atoms with Gasteiger partial charge in [-0.25, -0.2) is 9.97 Å². The third-order valence-corrected chi connectivity index (χ3v) is 2.84. The number of halogens is 3. The summed E-state index contributed by atoms with van der Waals surface area (Å²) in [6, 6.07) is 6.41. The van der Waals surface area contributed by atoms with Gasteiger partial charge in [0.05, 0.1) is 17.4 Å². The van der Waals surface area contributed by atoms with E-state index in [1.165, 1.54) is 18.3 Å². The number of hydrogen-bond donors (Lipinski definition) is 2. The normalized spacial score (nSPS) is 11.9. The van der Waals surface area contributed by atoms with Crippen molar-refractivity contribution < 1.29 is 13.2 Å². The average molecular weight is 278 g/mol. The lowest BCUT2D eigenvalue weighted by atomic mass is 10.1. The van der Waals surface area contributed by atoms with Crippen LogP contribution in [0.4, 0.5) is 18.9 Å². The van der Waals surface area contributed by atoms with Crippen LogP contribution in [0.2, 0.25) is 0 Å². The number of aromatic nitrogens is 3. The van der Waals surface area contributed by atoms with Crippen molar-refractivity contribution in [2.24, 2.45) is 0 Å². The van der Waals surface area contributed by atoms with Crippen molar-refractivity contribution in [3.8, 4) is 11.4 Å². The Hall–Kier alpha value is -2.57. The number of nitrogens with zero attached hydrogens (tertiary/aromatic N) is 2. The summed E-state index contributed by atoms with van der Waals surface area (Å²) >= 11 is 0. The van der Waals surface area contributed by atoms with Gasteiger partial charge < -0.3 is 10.7 Å². The van der Waals surface area contributed by atoms with Crippen molar-refractivity contribution in [1.82, 2.24) is 15.0 Å². The highest BCUT2D eigenvalue weighted by atomic mass is 19.4. The molecule has 4 nitrogen and oxygen atoms in total. The second kappa shape index (κ2) is 4.22. The molecule has 0 radical (unpaired) electrons. The molecule has 2 aromatic heterocycles. The van der Waals surface area contributed by atoms with Crippen LogP contribution < -0.4 is 5.73 Å². The first-order chi connectivity index (χ1) is 9.43. The maximum absolute atomic E-state index is 12.5. The van der Waals surface area contributed by atoms with Crippen molar-refractivity contribution >= 4 is 16.9 Å². The molecule has 0 fully saturated rings. The Morgan fingerprint density at radius 2 is 1.80 bits per heavy atom. The van der Waals surface area contributed by atoms with Gasteiger partial charge >= 0.3 is 6.18 Å². The van der Waals surface area contributed by atoms with Crippen LogP contribution in [-0.4, -0.2) is 15.0 Å². The molecule has 3 rings (SSSR count). The van der Waals surface area contributed by atoms with E-state index in [0.717, 1.165) is 12.1 Å². The van der Waals surface area contributed by atoms with Crippen molar-refractivity contribution in [2.45, 2.75) is 6.18 Å². The van der Waals surface area contributed by atoms with E-state index in [1.54, 1.807) is 6.07 Å². The number of hydrogen-bond acceptors (Lipinski definition) is 3. The minimum atomic E-state index is -4.34. The van der Waals surface area contributed by atoms with Gasteiger partial charge in [-0.3, -0.25) is 0 Å². The van der Waals surface area contributed by atoms with Crippen LogP contribution in [-0.2, 0) is 6.18 Å². The van der Waals surface area contributed by atoms with Crippen LogP contribution in [0.25, 0.3) is 22.6 Å². The Kier molecular flexibility index (Phi) is 2.63. The van der Waals surface area contributed by atoms with Crippen molar-refractivity contribution in [2.75, 3.05) is 5.73 Å². The summed E-state index contributed by atoms with van der Waals surface area (Å²) in [6.07, 6.45) is -2.86. The standard InChI is InChI=1S/C13H9F3N4/c14-13(15,16)8-3-1-7(2-4-8)11-19-10-5-9(17)6-18-12(10)20-11/h1-6H,17H2,(H,18,19,20). The fourth-order valence-corrected chi connectivity index (χ4v) is 1.86. The summed E-state index contributed by atoms with van der Waals surface area (Å²) in [7, 11) is 0. The van der Waals surface area contributed by atoms with Crippen molar-refractivity contribution in [1.29, 1.82) is 0 Å². The first-order valence-corrected chi connectivity index (χ1v) is 5.72. The molecule has 0 aliphatic rings. The molecule has 0 spiro atoms. The highest BCUT2D eigenvalue weighted by molar-refractivity contribution is 5.78. The Morgan fingerprint density at radius 3 is 2.45 bits per heavy atom. The minimum Gasteiger partial charge on any atom is -0.397 e. The zero-order valence-electron chi connectivity index (χ0n) is 10.1. The van der Waals surface area contributed by atoms with Gasteiger partial charge in [0.25, 0.3) is 0 Å². The van der Waals surface area contributed by atoms with Gasteiger partial charge in [0.2, 0.25) is 0 Å². The molecule has 3 aromatic rings. The summed E-state index contributed by atoms with van der Waals surface area (Å²) in [4.78, 5) is 11.3. The van der Waals surface area contributed by atoms with Gasteiger partial charge in [-0.2, -0.15) is 13.2 Å². The Labute approximate surface area is 111 Å². The lowest BCUT2D eigenvalue weighted by Gasteiger charge is -2.06. The summed E-state index contributed by atoms with van der Waals surface area (Å²) < 4.78 is 37.5. The third kappa shape index (κ3) is 2.18. The lowest BCUT2D eigenvalue weighted by molar-refractivity contribution is -0.137. The number of alkyl halides is 3. The van der Waals surface area contributed by atoms with E-state index in [4.69, 9.17) is 5.73 Å². The van der Waals surface area contributed by atoms with Gasteiger partial charge in [-0.15, -0.1) is 0 Å². The molecule has 3 N–H and O–H groups in total. The molecule has 0 amide bonds. The number of anilines is 1. The van der Waals surface area contributed by atoms with Gasteiger partial charge in [-0.05, 0) is 18.2 Å². The Balaban J connectivity index is 2.02. The Bertz CT molecular complexity index is 759. The number of nitrogens with one attached hydrogen (secondary N) is 1. The SMILES string of the molecule is Nc1cnc2[nH]c(-c3ccc(C(F)(F)F)cc3)nc2c1. The van der Waals surface area contributed by atoms with Crippen LogP contribution in [0, 0.1) is 0 Å². The third-order valence-electron chi connectivity index (χ3n) is 2.84. The monoisotopic (exact) mass is 278 g/mol. The first kappa shape index (κ1) is 12.5. The maximum atomic E-state index is 12.5. The zero-order chi connectivity index (χ0) is 14.3. The predicted octanol–water partition coefficient (Wildman–Crippen LogP) is 3.23. The summed E-state index contributed by atoms with van der Waals surface area (Å²) in [6.45, 7) is 0. The summed E-state index contributed by atoms with van der Waals surface area (Å²) in [5, 5.41) is 0. The molecular weight excluding hydrogens is 269 g/mol. The minimum absolute atomic E-state index is 0.451. The molecule has 102 valence electrons. The van der Waals surface area contributed by atoms with Crippen LogP contribution in [0.5, 0.6) is 0 Å². The molecule has 20 heavy (non-hydrogen) atoms. The van der Waals surface area contributed by atoms with E-state index >= 15 is 0 Å². The Morgan fingerprint density at radius 1 is 1.10 bits per heavy atom. The summed E-state index contributed by atoms with van der Waals surface area (Å²) in [5.41, 5.74) is 7.03. The molecule has 0 saturated heterocycles. The fourth-order valence-electron chi connectivity index (χ4n) is 1.86. The number of nitrogen functional groups attached to an aromatic ring is 1. The number of fused-ring (bicyclic) bond motifs is 1. The number of H-pyrrole nitrogens is 1. The van der Waals surface area contributed by atoms with Crippen LogP contribution in [0.3, 0.4) is 0 Å². The lowest BCUT2D eigenvalue weighted by Crippen LogP contribution is -2.04. The molecule has 0 bridgehead atoms. The van der Waals surface area contributed by atoms with E-state index in [9.17, 15) is 13.2 Å². The number of benzene rings is 1. The molecule has 0 unspecified atom stereocenters. The smallest absolute Gasteiger partial charge is 0.397 e. The second-order valence-electron chi connectivity index (χ2n) is 4.30. The zero-order valence-corrected chi connectivity index (χ0v) is 10.1. The van der Waals surface area contributed by atoms with Crippen LogP contribution in [0.1, 0.15) is 5.56 Å². The second-order valence-corrected chi connectivity index (χ2v) is 4.30. The molecule has 7 heteroatoms. The molecule has 2 heterocycles. The number of pyridine rings is 1. The number of nitrogens with two attached hydrogens (primary N) is 1. The largest absolute Gasteiger partial charge is 0.416 e. The van der Waals surface area contributed by atoms with Crippen molar-refractivity contribution in [3.63, 3.8) is 0 Å². The van der Waals surface area contributed by atoms with E-state index in [1.807, 2.05) is 0 Å². The van der Waals surface area contributed by atoms with Crippen LogP contribution >= 0.6 is 0 Å². The summed E-state index contributed by atoms with van der Waals surface area (Å²) in [5.74, 6) is 0.451. The number of aromatic amines is 1. The average Bonchev–Trinajstić information content (AvgIpc) is 2.80. The highest BCUT2D eigenvalue weighted by Crippen LogP contribution is 2.30. The van der Waals surface area contributed by atoms with E-state index in [2.05, 4.69) is 15.0 Å². The number of rotatable bonds is 1. The molecule has 0 aliphatic heterocycles. The molecule has 0 atom stereocenters. The maximum Gasteiger partial charge on any atom is 0.416 e. The quantitative estimate of drug-likeness (QED) is 0.718. The topological polar surface area (TPSA) is 67.6 Å². The van der Waals surface area contributed by atoms with E-state index in [-0.39, 0.29) is 0 Å². The van der Waals surface area contributed by atoms with Gasteiger partial charge in [-0.1, -0.05) is 12.1 Å². The fraction of sp³-hybridized carbons (Fsp3) is 0.0769. The molecule has 1 aromatic carbocycles. The van der Waals surface area contributed by atoms with Crippen LogP contribution in [0.15, 0.2) is 36.5 Å². The first-order valence-electron chi connectivity index (χ1n) is 5.72. The number of imidazole rings is 1. The predicted molar refractivity (Wildman–Crippen MR) is 68.7 cm³/mol. The van der Waals surface area contributed by atoms with Gasteiger partial charge in [0, 0.05) is 5.56 Å². The molecule has 0 saturated carbocycles.